The molecule has 2 aromatic rings. The number of benzene rings is 1. The molecule has 3 amide bonds. The number of halogens is 1. The van der Waals surface area contributed by atoms with Crippen molar-refractivity contribution in [1.29, 1.82) is 0 Å². The Morgan fingerprint density at radius 3 is 2.67 bits per heavy atom. The summed E-state index contributed by atoms with van der Waals surface area (Å²) in [6.07, 6.45) is 0. The third-order valence-corrected chi connectivity index (χ3v) is 3.33. The maximum atomic E-state index is 12.1. The lowest BCUT2D eigenvalue weighted by Gasteiger charge is -2.09. The van der Waals surface area contributed by atoms with Crippen molar-refractivity contribution in [3.05, 3.63) is 34.5 Å². The number of fused-ring (bicyclic) bond motifs is 1. The van der Waals surface area contributed by atoms with Crippen molar-refractivity contribution >= 4 is 40.5 Å². The highest BCUT2D eigenvalue weighted by molar-refractivity contribution is 6.31. The van der Waals surface area contributed by atoms with Crippen molar-refractivity contribution in [2.45, 2.75) is 26.8 Å². The fraction of sp³-hybridized carbons (Fsp3) is 0.312. The standard InChI is InChI=1S/C16H17ClN2O5/c1-8(2)18-16(22)19-13(20)7-23-15(21)14-9(3)11-6-10(17)4-5-12(11)24-14/h4-6,8H,7H2,1-3H3,(H2,18,19,20,22). The van der Waals surface area contributed by atoms with Gasteiger partial charge in [-0.2, -0.15) is 0 Å². The SMILES string of the molecule is Cc1c(C(=O)OCC(=O)NC(=O)NC(C)C)oc2ccc(Cl)cc12. The second-order valence-corrected chi connectivity index (χ2v) is 5.89. The Kier molecular flexibility index (Phi) is 5.46. The van der Waals surface area contributed by atoms with Crippen LogP contribution in [0.25, 0.3) is 11.0 Å². The highest BCUT2D eigenvalue weighted by Gasteiger charge is 2.20. The maximum Gasteiger partial charge on any atom is 0.375 e. The van der Waals surface area contributed by atoms with Crippen LogP contribution < -0.4 is 10.6 Å². The Morgan fingerprint density at radius 2 is 2.00 bits per heavy atom. The highest BCUT2D eigenvalue weighted by Crippen LogP contribution is 2.28. The minimum Gasteiger partial charge on any atom is -0.450 e. The number of esters is 1. The van der Waals surface area contributed by atoms with Gasteiger partial charge >= 0.3 is 12.0 Å². The average molecular weight is 353 g/mol. The van der Waals surface area contributed by atoms with Crippen LogP contribution in [0.4, 0.5) is 4.79 Å². The molecule has 0 aliphatic rings. The first-order valence-electron chi connectivity index (χ1n) is 7.24. The van der Waals surface area contributed by atoms with Crippen LogP contribution in [0.5, 0.6) is 0 Å². The monoisotopic (exact) mass is 352 g/mol. The van der Waals surface area contributed by atoms with E-state index in [1.807, 2.05) is 0 Å². The average Bonchev–Trinajstić information content (AvgIpc) is 2.81. The lowest BCUT2D eigenvalue weighted by molar-refractivity contribution is -0.123. The van der Waals surface area contributed by atoms with Gasteiger partial charge in [0.05, 0.1) is 0 Å². The molecule has 0 bridgehead atoms. The molecule has 128 valence electrons. The zero-order valence-electron chi connectivity index (χ0n) is 13.4. The van der Waals surface area contributed by atoms with Gasteiger partial charge in [0.15, 0.2) is 6.61 Å². The first-order valence-corrected chi connectivity index (χ1v) is 7.62. The van der Waals surface area contributed by atoms with Gasteiger partial charge in [-0.1, -0.05) is 11.6 Å². The van der Waals surface area contributed by atoms with E-state index in [9.17, 15) is 14.4 Å². The third kappa shape index (κ3) is 4.26. The molecule has 2 rings (SSSR count). The zero-order valence-corrected chi connectivity index (χ0v) is 14.2. The van der Waals surface area contributed by atoms with Gasteiger partial charge in [0.2, 0.25) is 5.76 Å². The molecule has 0 saturated carbocycles. The summed E-state index contributed by atoms with van der Waals surface area (Å²) in [6, 6.07) is 4.19. The van der Waals surface area contributed by atoms with E-state index < -0.39 is 24.5 Å². The molecule has 0 unspecified atom stereocenters. The van der Waals surface area contributed by atoms with Gasteiger partial charge in [0.25, 0.3) is 5.91 Å². The minimum absolute atomic E-state index is 0.00769. The van der Waals surface area contributed by atoms with Crippen molar-refractivity contribution < 1.29 is 23.5 Å². The fourth-order valence-corrected chi connectivity index (χ4v) is 2.22. The van der Waals surface area contributed by atoms with E-state index in [1.165, 1.54) is 0 Å². The third-order valence-electron chi connectivity index (χ3n) is 3.09. The van der Waals surface area contributed by atoms with E-state index in [0.717, 1.165) is 0 Å². The molecule has 8 heteroatoms. The first-order chi connectivity index (χ1) is 11.3. The van der Waals surface area contributed by atoms with Crippen LogP contribution in [0.15, 0.2) is 22.6 Å². The molecule has 0 radical (unpaired) electrons. The molecule has 0 aliphatic heterocycles. The van der Waals surface area contributed by atoms with E-state index >= 15 is 0 Å². The van der Waals surface area contributed by atoms with E-state index in [-0.39, 0.29) is 11.8 Å². The Labute approximate surface area is 143 Å². The minimum atomic E-state index is -0.792. The van der Waals surface area contributed by atoms with E-state index in [2.05, 4.69) is 10.6 Å². The number of imide groups is 1. The van der Waals surface area contributed by atoms with E-state index in [0.29, 0.717) is 21.6 Å². The predicted molar refractivity (Wildman–Crippen MR) is 88.1 cm³/mol. The predicted octanol–water partition coefficient (Wildman–Crippen LogP) is 2.79. The number of hydrogen-bond acceptors (Lipinski definition) is 5. The molecule has 0 saturated heterocycles. The van der Waals surface area contributed by atoms with Gasteiger partial charge in [0.1, 0.15) is 5.58 Å². The van der Waals surface area contributed by atoms with Gasteiger partial charge in [-0.3, -0.25) is 10.1 Å². The van der Waals surface area contributed by atoms with Crippen molar-refractivity contribution in [2.24, 2.45) is 0 Å². The summed E-state index contributed by atoms with van der Waals surface area (Å²) >= 11 is 5.92. The Balaban J connectivity index is 1.99. The van der Waals surface area contributed by atoms with Crippen LogP contribution in [0, 0.1) is 6.92 Å². The molecular formula is C16H17ClN2O5. The van der Waals surface area contributed by atoms with Gasteiger partial charge in [-0.05, 0) is 39.0 Å². The lowest BCUT2D eigenvalue weighted by atomic mass is 10.1. The number of nitrogens with one attached hydrogen (secondary N) is 2. The first kappa shape index (κ1) is 17.8. The van der Waals surface area contributed by atoms with Crippen LogP contribution in [-0.2, 0) is 9.53 Å². The number of urea groups is 1. The van der Waals surface area contributed by atoms with E-state index in [1.54, 1.807) is 39.0 Å². The van der Waals surface area contributed by atoms with E-state index in [4.69, 9.17) is 20.8 Å². The van der Waals surface area contributed by atoms with Crippen LogP contribution in [0.3, 0.4) is 0 Å². The summed E-state index contributed by atoms with van der Waals surface area (Å²) < 4.78 is 10.3. The van der Waals surface area contributed by atoms with Crippen molar-refractivity contribution in [1.82, 2.24) is 10.6 Å². The Bertz CT molecular complexity index is 797. The molecule has 0 fully saturated rings. The largest absolute Gasteiger partial charge is 0.450 e. The summed E-state index contributed by atoms with van der Waals surface area (Å²) in [7, 11) is 0. The quantitative estimate of drug-likeness (QED) is 0.824. The second-order valence-electron chi connectivity index (χ2n) is 5.45. The Morgan fingerprint density at radius 1 is 1.29 bits per heavy atom. The fourth-order valence-electron chi connectivity index (χ4n) is 2.05. The molecule has 1 aromatic heterocycles. The van der Waals surface area contributed by atoms with Crippen LogP contribution in [0.2, 0.25) is 5.02 Å². The maximum absolute atomic E-state index is 12.1. The summed E-state index contributed by atoms with van der Waals surface area (Å²) in [5, 5.41) is 5.74. The molecule has 24 heavy (non-hydrogen) atoms. The molecular weight excluding hydrogens is 336 g/mol. The van der Waals surface area contributed by atoms with Crippen LogP contribution in [0.1, 0.15) is 30.0 Å². The topological polar surface area (TPSA) is 97.6 Å². The number of ether oxygens (including phenoxy) is 1. The van der Waals surface area contributed by atoms with Gasteiger partial charge < -0.3 is 14.5 Å². The number of hydrogen-bond donors (Lipinski definition) is 2. The zero-order chi connectivity index (χ0) is 17.9. The smallest absolute Gasteiger partial charge is 0.375 e. The highest BCUT2D eigenvalue weighted by atomic mass is 35.5. The Hall–Kier alpha value is -2.54. The van der Waals surface area contributed by atoms with Gasteiger partial charge in [0, 0.05) is 22.0 Å². The van der Waals surface area contributed by atoms with Crippen LogP contribution in [-0.4, -0.2) is 30.6 Å². The number of aryl methyl sites for hydroxylation is 1. The van der Waals surface area contributed by atoms with Crippen molar-refractivity contribution in [3.8, 4) is 0 Å². The number of carbonyl (C=O) groups excluding carboxylic acids is 3. The number of rotatable bonds is 4. The molecule has 2 N–H and O–H groups in total. The van der Waals surface area contributed by atoms with Gasteiger partial charge in [-0.25, -0.2) is 9.59 Å². The normalized spacial score (nSPS) is 10.7. The summed E-state index contributed by atoms with van der Waals surface area (Å²) in [6.45, 7) is 4.60. The summed E-state index contributed by atoms with van der Waals surface area (Å²) in [5.74, 6) is -1.54. The van der Waals surface area contributed by atoms with Crippen molar-refractivity contribution in [2.75, 3.05) is 6.61 Å². The molecule has 0 spiro atoms. The molecule has 1 aromatic carbocycles. The second kappa shape index (κ2) is 7.35. The lowest BCUT2D eigenvalue weighted by Crippen LogP contribution is -2.44. The number of carbonyl (C=O) groups is 3. The van der Waals surface area contributed by atoms with Gasteiger partial charge in [-0.15, -0.1) is 0 Å². The molecule has 0 atom stereocenters. The van der Waals surface area contributed by atoms with Crippen LogP contribution >= 0.6 is 11.6 Å². The summed E-state index contributed by atoms with van der Waals surface area (Å²) in [5.41, 5.74) is 1.06. The van der Waals surface area contributed by atoms with Crippen molar-refractivity contribution in [3.63, 3.8) is 0 Å². The summed E-state index contributed by atoms with van der Waals surface area (Å²) in [4.78, 5) is 35.0. The molecule has 0 aliphatic carbocycles. The molecule has 1 heterocycles. The number of amides is 3. The number of furan rings is 1. The molecule has 7 nitrogen and oxygen atoms in total.